The van der Waals surface area contributed by atoms with Crippen molar-refractivity contribution in [1.29, 1.82) is 0 Å². The Labute approximate surface area is 254 Å². The van der Waals surface area contributed by atoms with Gasteiger partial charge in [0.2, 0.25) is 0 Å². The van der Waals surface area contributed by atoms with E-state index < -0.39 is 0 Å². The van der Waals surface area contributed by atoms with Crippen LogP contribution in [0.5, 0.6) is 5.75 Å². The van der Waals surface area contributed by atoms with Crippen LogP contribution in [-0.2, 0) is 17.6 Å². The zero-order chi connectivity index (χ0) is 28.8. The van der Waals surface area contributed by atoms with E-state index in [9.17, 15) is 4.79 Å². The molecule has 1 aromatic heterocycles. The molecule has 1 aromatic carbocycles. The monoisotopic (exact) mass is 577 g/mol. The molecule has 0 spiro atoms. The Hall–Kier alpha value is -1.87. The minimum Gasteiger partial charge on any atom is -0.493 e. The van der Waals surface area contributed by atoms with Gasteiger partial charge < -0.3 is 4.74 Å². The molecule has 3 fully saturated rings. The van der Waals surface area contributed by atoms with E-state index in [1.165, 1.54) is 88.3 Å². The molecule has 5 rings (SSSR count). The molecule has 3 saturated carbocycles. The van der Waals surface area contributed by atoms with E-state index in [4.69, 9.17) is 21.3 Å². The van der Waals surface area contributed by atoms with Crippen LogP contribution in [-0.4, -0.2) is 17.4 Å². The van der Waals surface area contributed by atoms with Crippen LogP contribution in [0.25, 0.3) is 0 Å². The summed E-state index contributed by atoms with van der Waals surface area (Å²) in [6.45, 7) is 7.29. The second kappa shape index (κ2) is 14.5. The maximum atomic E-state index is 12.9. The summed E-state index contributed by atoms with van der Waals surface area (Å²) in [5.74, 6) is 5.37. The smallest absolute Gasteiger partial charge is 0.140 e. The molecule has 5 unspecified atom stereocenters. The number of carbonyl (C=O) groups excluding carboxylic acids is 1. The molecule has 1 heterocycles. The Kier molecular flexibility index (Phi) is 10.8. The van der Waals surface area contributed by atoms with Gasteiger partial charge in [0, 0.05) is 30.1 Å². The van der Waals surface area contributed by atoms with Gasteiger partial charge in [-0.25, -0.2) is 0 Å². The van der Waals surface area contributed by atoms with Gasteiger partial charge in [0.05, 0.1) is 11.6 Å². The molecule has 5 atom stereocenters. The zero-order valence-corrected chi connectivity index (χ0v) is 26.6. The van der Waals surface area contributed by atoms with Gasteiger partial charge in [-0.05, 0) is 104 Å². The molecule has 41 heavy (non-hydrogen) atoms. The fourth-order valence-corrected chi connectivity index (χ4v) is 8.30. The summed E-state index contributed by atoms with van der Waals surface area (Å²) in [6.07, 6.45) is 20.3. The Bertz CT molecular complexity index is 1160. The maximum absolute atomic E-state index is 12.9. The highest BCUT2D eigenvalue weighted by Crippen LogP contribution is 2.50. The van der Waals surface area contributed by atoms with Gasteiger partial charge in [-0.15, -0.1) is 0 Å². The lowest BCUT2D eigenvalue weighted by Gasteiger charge is -2.19. The highest BCUT2D eigenvalue weighted by atomic mass is 35.5. The SMILES string of the molecule is CCc1cc(Cl)cnc1C1CCCCC(C2CC2CCOc2ccc(CC(=O)C(C)C3CCCC3)cc2C)CCC1. The van der Waals surface area contributed by atoms with Crippen molar-refractivity contribution in [1.82, 2.24) is 4.98 Å². The summed E-state index contributed by atoms with van der Waals surface area (Å²) in [7, 11) is 0. The van der Waals surface area contributed by atoms with Gasteiger partial charge in [-0.1, -0.05) is 82.5 Å². The predicted molar refractivity (Wildman–Crippen MR) is 170 cm³/mol. The molecule has 0 saturated heterocycles. The lowest BCUT2D eigenvalue weighted by Crippen LogP contribution is -2.20. The summed E-state index contributed by atoms with van der Waals surface area (Å²) in [5, 5.41) is 0.764. The number of nitrogens with zero attached hydrogens (tertiary/aromatic N) is 1. The number of aromatic nitrogens is 1. The van der Waals surface area contributed by atoms with E-state index in [1.807, 2.05) is 6.20 Å². The van der Waals surface area contributed by atoms with Crippen LogP contribution < -0.4 is 4.74 Å². The second-order valence-electron chi connectivity index (χ2n) is 13.6. The number of halogens is 1. The molecule has 2 aromatic rings. The van der Waals surface area contributed by atoms with Crippen molar-refractivity contribution in [3.05, 3.63) is 57.9 Å². The van der Waals surface area contributed by atoms with Crippen molar-refractivity contribution < 1.29 is 9.53 Å². The molecule has 3 nitrogen and oxygen atoms in total. The highest BCUT2D eigenvalue weighted by molar-refractivity contribution is 6.30. The normalized spacial score (nSPS) is 26.1. The number of benzene rings is 1. The first kappa shape index (κ1) is 30.6. The van der Waals surface area contributed by atoms with Crippen LogP contribution in [0, 0.1) is 36.5 Å². The van der Waals surface area contributed by atoms with Gasteiger partial charge >= 0.3 is 0 Å². The molecule has 0 N–H and O–H groups in total. The van der Waals surface area contributed by atoms with Gasteiger partial charge in [0.25, 0.3) is 0 Å². The van der Waals surface area contributed by atoms with Crippen molar-refractivity contribution in [2.75, 3.05) is 6.61 Å². The average Bonchev–Trinajstić information content (AvgIpc) is 3.48. The van der Waals surface area contributed by atoms with Crippen molar-refractivity contribution in [3.8, 4) is 5.75 Å². The first-order valence-electron chi connectivity index (χ1n) is 16.8. The maximum Gasteiger partial charge on any atom is 0.140 e. The van der Waals surface area contributed by atoms with E-state index in [-0.39, 0.29) is 5.92 Å². The molecule has 0 bridgehead atoms. The van der Waals surface area contributed by atoms with Gasteiger partial charge in [0.15, 0.2) is 0 Å². The van der Waals surface area contributed by atoms with Crippen LogP contribution in [0.1, 0.15) is 126 Å². The zero-order valence-electron chi connectivity index (χ0n) is 25.8. The number of pyridine rings is 1. The predicted octanol–water partition coefficient (Wildman–Crippen LogP) is 10.1. The van der Waals surface area contributed by atoms with Crippen LogP contribution >= 0.6 is 11.6 Å². The van der Waals surface area contributed by atoms with E-state index in [0.29, 0.717) is 24.0 Å². The molecule has 3 aliphatic rings. The Balaban J connectivity index is 1.05. The minimum atomic E-state index is 0.193. The molecular formula is C37H52ClNO2. The lowest BCUT2D eigenvalue weighted by molar-refractivity contribution is -0.123. The first-order valence-corrected chi connectivity index (χ1v) is 17.2. The molecule has 4 heteroatoms. The van der Waals surface area contributed by atoms with Crippen LogP contribution in [0.4, 0.5) is 0 Å². The summed E-state index contributed by atoms with van der Waals surface area (Å²) in [6, 6.07) is 8.50. The Morgan fingerprint density at radius 3 is 2.54 bits per heavy atom. The van der Waals surface area contributed by atoms with Gasteiger partial charge in [-0.2, -0.15) is 0 Å². The number of hydrogen-bond acceptors (Lipinski definition) is 3. The van der Waals surface area contributed by atoms with Gasteiger partial charge in [0.1, 0.15) is 11.5 Å². The number of aryl methyl sites for hydroxylation is 2. The van der Waals surface area contributed by atoms with Crippen LogP contribution in [0.2, 0.25) is 5.02 Å². The van der Waals surface area contributed by atoms with Crippen LogP contribution in [0.15, 0.2) is 30.5 Å². The number of rotatable bonds is 11. The average molecular weight is 578 g/mol. The van der Waals surface area contributed by atoms with Gasteiger partial charge in [-0.3, -0.25) is 9.78 Å². The van der Waals surface area contributed by atoms with E-state index in [1.54, 1.807) is 0 Å². The van der Waals surface area contributed by atoms with E-state index in [2.05, 4.69) is 45.0 Å². The molecular weight excluding hydrogens is 526 g/mol. The van der Waals surface area contributed by atoms with Crippen molar-refractivity contribution in [2.45, 2.75) is 123 Å². The van der Waals surface area contributed by atoms with Crippen molar-refractivity contribution in [2.24, 2.45) is 29.6 Å². The summed E-state index contributed by atoms with van der Waals surface area (Å²) in [4.78, 5) is 17.6. The summed E-state index contributed by atoms with van der Waals surface area (Å²) in [5.41, 5.74) is 4.94. The molecule has 0 aliphatic heterocycles. The molecule has 0 radical (unpaired) electrons. The lowest BCUT2D eigenvalue weighted by atomic mass is 9.86. The Morgan fingerprint density at radius 1 is 1.02 bits per heavy atom. The van der Waals surface area contributed by atoms with Crippen molar-refractivity contribution >= 4 is 17.4 Å². The van der Waals surface area contributed by atoms with Crippen LogP contribution in [0.3, 0.4) is 0 Å². The minimum absolute atomic E-state index is 0.193. The second-order valence-corrected chi connectivity index (χ2v) is 14.0. The fourth-order valence-electron chi connectivity index (χ4n) is 8.12. The third-order valence-electron chi connectivity index (χ3n) is 10.8. The molecule has 0 amide bonds. The largest absolute Gasteiger partial charge is 0.493 e. The molecule has 3 aliphatic carbocycles. The standard InChI is InChI=1S/C37H52ClNO2/c1-4-28-22-33(38)24-39-37(28)31-13-8-7-12-30(14-9-15-31)34-23-32(34)18-19-41-36-17-16-27(20-25(36)2)21-35(40)26(3)29-10-5-6-11-29/h16-17,20,22,24,26,29-32,34H,4-15,18-19,21,23H2,1-3H3. The third kappa shape index (κ3) is 8.15. The topological polar surface area (TPSA) is 39.2 Å². The Morgan fingerprint density at radius 2 is 1.76 bits per heavy atom. The first-order chi connectivity index (χ1) is 19.9. The van der Waals surface area contributed by atoms with E-state index in [0.717, 1.165) is 59.1 Å². The van der Waals surface area contributed by atoms with E-state index >= 15 is 0 Å². The summed E-state index contributed by atoms with van der Waals surface area (Å²) >= 11 is 6.24. The van der Waals surface area contributed by atoms with Crippen molar-refractivity contribution in [3.63, 3.8) is 0 Å². The number of ether oxygens (including phenoxy) is 1. The highest BCUT2D eigenvalue weighted by Gasteiger charge is 2.42. The fraction of sp³-hybridized carbons (Fsp3) is 0.676. The number of hydrogen-bond donors (Lipinski definition) is 0. The molecule has 224 valence electrons. The summed E-state index contributed by atoms with van der Waals surface area (Å²) < 4.78 is 6.27. The number of carbonyl (C=O) groups is 1. The number of Topliss-reactive ketones (excluding diaryl/α,β-unsaturated/α-hetero) is 1. The quantitative estimate of drug-likeness (QED) is 0.267. The number of ketones is 1. The third-order valence-corrected chi connectivity index (χ3v) is 11.0.